The first-order valence-corrected chi connectivity index (χ1v) is 7.19. The summed E-state index contributed by atoms with van der Waals surface area (Å²) in [7, 11) is 0. The van der Waals surface area contributed by atoms with Crippen LogP contribution in [0.4, 0.5) is 0 Å². The summed E-state index contributed by atoms with van der Waals surface area (Å²) in [5.41, 5.74) is 0.774. The van der Waals surface area contributed by atoms with Crippen molar-refractivity contribution >= 4 is 32.5 Å². The number of carbonyl (C=O) groups excluding carboxylic acids is 1. The fraction of sp³-hybridized carbons (Fsp3) is 0.0588. The standard InChI is InChI=1S/C17H13BrNO.BrH/c18-14-7-4-10-19(11-14)12-17(20)16-9-3-6-13-5-1-2-8-15(13)16;/h1-11H,12H2;1H/q+1;/p-1. The van der Waals surface area contributed by atoms with Crippen molar-refractivity contribution in [3.63, 3.8) is 0 Å². The van der Waals surface area contributed by atoms with Crippen molar-refractivity contribution in [2.75, 3.05) is 0 Å². The number of fused-ring (bicyclic) bond motifs is 1. The van der Waals surface area contributed by atoms with Crippen molar-refractivity contribution in [3.8, 4) is 0 Å². The third-order valence-corrected chi connectivity index (χ3v) is 3.71. The summed E-state index contributed by atoms with van der Waals surface area (Å²) < 4.78 is 2.85. The van der Waals surface area contributed by atoms with Crippen LogP contribution in [0.15, 0.2) is 71.5 Å². The van der Waals surface area contributed by atoms with Crippen LogP contribution in [0.2, 0.25) is 0 Å². The molecule has 3 rings (SSSR count). The third-order valence-electron chi connectivity index (χ3n) is 3.24. The second-order valence-electron chi connectivity index (χ2n) is 4.64. The van der Waals surface area contributed by atoms with E-state index in [-0.39, 0.29) is 22.8 Å². The van der Waals surface area contributed by atoms with E-state index in [1.54, 1.807) is 0 Å². The molecule has 0 bridgehead atoms. The Morgan fingerprint density at radius 2 is 1.76 bits per heavy atom. The predicted molar refractivity (Wildman–Crippen MR) is 82.6 cm³/mol. The molecule has 0 radical (unpaired) electrons. The Bertz CT molecular complexity index is 781. The summed E-state index contributed by atoms with van der Waals surface area (Å²) in [6.07, 6.45) is 3.80. The van der Waals surface area contributed by atoms with Gasteiger partial charge in [0.05, 0.1) is 4.47 Å². The van der Waals surface area contributed by atoms with Crippen molar-refractivity contribution in [1.29, 1.82) is 0 Å². The van der Waals surface area contributed by atoms with Crippen molar-refractivity contribution < 1.29 is 26.3 Å². The molecule has 21 heavy (non-hydrogen) atoms. The van der Waals surface area contributed by atoms with Crippen LogP contribution in [0.25, 0.3) is 10.8 Å². The molecule has 0 unspecified atom stereocenters. The van der Waals surface area contributed by atoms with E-state index >= 15 is 0 Å². The molecule has 0 N–H and O–H groups in total. The first-order chi connectivity index (χ1) is 9.74. The second kappa shape index (κ2) is 6.96. The highest BCUT2D eigenvalue weighted by Crippen LogP contribution is 2.19. The van der Waals surface area contributed by atoms with E-state index in [1.165, 1.54) is 0 Å². The Balaban J connectivity index is 0.00000161. The minimum Gasteiger partial charge on any atom is -1.00 e. The maximum Gasteiger partial charge on any atom is 0.228 e. The molecule has 0 atom stereocenters. The number of halogens is 2. The van der Waals surface area contributed by atoms with Gasteiger partial charge in [0.25, 0.3) is 0 Å². The minimum absolute atomic E-state index is 0. The number of carbonyl (C=O) groups is 1. The van der Waals surface area contributed by atoms with Gasteiger partial charge in [0, 0.05) is 11.6 Å². The zero-order valence-corrected chi connectivity index (χ0v) is 14.3. The maximum absolute atomic E-state index is 12.5. The van der Waals surface area contributed by atoms with Crippen LogP contribution in [-0.2, 0) is 6.54 Å². The number of benzene rings is 2. The fourth-order valence-corrected chi connectivity index (χ4v) is 2.72. The van der Waals surface area contributed by atoms with Crippen molar-refractivity contribution in [3.05, 3.63) is 77.0 Å². The Hall–Kier alpha value is -1.52. The molecule has 2 aromatic carbocycles. The molecule has 0 aliphatic rings. The van der Waals surface area contributed by atoms with Gasteiger partial charge in [0.2, 0.25) is 12.3 Å². The van der Waals surface area contributed by atoms with Crippen LogP contribution in [0.5, 0.6) is 0 Å². The molecule has 1 heterocycles. The van der Waals surface area contributed by atoms with Gasteiger partial charge >= 0.3 is 0 Å². The number of hydrogen-bond donors (Lipinski definition) is 0. The van der Waals surface area contributed by atoms with E-state index in [1.807, 2.05) is 71.6 Å². The number of nitrogens with zero attached hydrogens (tertiary/aromatic N) is 1. The van der Waals surface area contributed by atoms with Crippen LogP contribution in [0.1, 0.15) is 10.4 Å². The Labute approximate surface area is 142 Å². The summed E-state index contributed by atoms with van der Waals surface area (Å²) in [4.78, 5) is 12.5. The molecule has 0 saturated carbocycles. The van der Waals surface area contributed by atoms with Crippen LogP contribution in [-0.4, -0.2) is 5.78 Å². The molecule has 0 aliphatic carbocycles. The van der Waals surface area contributed by atoms with E-state index in [0.717, 1.165) is 20.8 Å². The molecular formula is C17H13Br2NO. The smallest absolute Gasteiger partial charge is 0.228 e. The lowest BCUT2D eigenvalue weighted by Crippen LogP contribution is -3.00. The molecule has 106 valence electrons. The zero-order chi connectivity index (χ0) is 13.9. The average Bonchev–Trinajstić information content (AvgIpc) is 2.46. The molecule has 0 amide bonds. The number of aromatic nitrogens is 1. The summed E-state index contributed by atoms with van der Waals surface area (Å²) in [5, 5.41) is 2.10. The molecule has 1 aromatic heterocycles. The molecule has 4 heteroatoms. The van der Waals surface area contributed by atoms with Crippen LogP contribution in [0.3, 0.4) is 0 Å². The number of rotatable bonds is 3. The fourth-order valence-electron chi connectivity index (χ4n) is 2.31. The van der Waals surface area contributed by atoms with Gasteiger partial charge in [-0.15, -0.1) is 0 Å². The van der Waals surface area contributed by atoms with Gasteiger partial charge < -0.3 is 17.0 Å². The zero-order valence-electron chi connectivity index (χ0n) is 11.2. The van der Waals surface area contributed by atoms with Gasteiger partial charge in [-0.05, 0) is 32.8 Å². The normalized spacial score (nSPS) is 10.1. The summed E-state index contributed by atoms with van der Waals surface area (Å²) in [5.74, 6) is 0.116. The number of Topliss-reactive ketones (excluding diaryl/α,β-unsaturated/α-hetero) is 1. The van der Waals surface area contributed by atoms with Crippen molar-refractivity contribution in [1.82, 2.24) is 0 Å². The topological polar surface area (TPSA) is 20.9 Å². The first kappa shape index (κ1) is 15.9. The lowest BCUT2D eigenvalue weighted by atomic mass is 10.0. The highest BCUT2D eigenvalue weighted by molar-refractivity contribution is 9.10. The van der Waals surface area contributed by atoms with E-state index in [0.29, 0.717) is 6.54 Å². The lowest BCUT2D eigenvalue weighted by Gasteiger charge is -2.04. The number of hydrogen-bond acceptors (Lipinski definition) is 1. The molecule has 0 saturated heterocycles. The van der Waals surface area contributed by atoms with Crippen molar-refractivity contribution in [2.45, 2.75) is 6.54 Å². The number of ketones is 1. The van der Waals surface area contributed by atoms with Gasteiger partial charge in [-0.2, -0.15) is 4.57 Å². The van der Waals surface area contributed by atoms with Gasteiger partial charge in [-0.25, -0.2) is 0 Å². The van der Waals surface area contributed by atoms with Gasteiger partial charge in [-0.1, -0.05) is 42.5 Å². The van der Waals surface area contributed by atoms with Crippen molar-refractivity contribution in [2.24, 2.45) is 0 Å². The minimum atomic E-state index is 0. The quantitative estimate of drug-likeness (QED) is 0.465. The molecule has 3 aromatic rings. The monoisotopic (exact) mass is 405 g/mol. The van der Waals surface area contributed by atoms with Gasteiger partial charge in [0.15, 0.2) is 12.4 Å². The lowest BCUT2D eigenvalue weighted by molar-refractivity contribution is -0.683. The highest BCUT2D eigenvalue weighted by Gasteiger charge is 2.14. The van der Waals surface area contributed by atoms with Crippen LogP contribution >= 0.6 is 15.9 Å². The second-order valence-corrected chi connectivity index (χ2v) is 5.56. The van der Waals surface area contributed by atoms with E-state index < -0.39 is 0 Å². The van der Waals surface area contributed by atoms with Crippen LogP contribution < -0.4 is 21.5 Å². The number of pyridine rings is 1. The summed E-state index contributed by atoms with van der Waals surface area (Å²) in [6, 6.07) is 17.7. The van der Waals surface area contributed by atoms with E-state index in [9.17, 15) is 4.79 Å². The molecule has 2 nitrogen and oxygen atoms in total. The molecule has 0 fully saturated rings. The molecular weight excluding hydrogens is 394 g/mol. The maximum atomic E-state index is 12.5. The first-order valence-electron chi connectivity index (χ1n) is 6.39. The SMILES string of the molecule is O=C(C[n+]1cccc(Br)c1)c1cccc2ccccc12.[Br-]. The Kier molecular flexibility index (Phi) is 5.26. The molecule has 0 spiro atoms. The van der Waals surface area contributed by atoms with Gasteiger partial charge in [0.1, 0.15) is 0 Å². The Morgan fingerprint density at radius 3 is 2.57 bits per heavy atom. The summed E-state index contributed by atoms with van der Waals surface area (Å²) in [6.45, 7) is 0.341. The van der Waals surface area contributed by atoms with Gasteiger partial charge in [-0.3, -0.25) is 4.79 Å². The average molecular weight is 407 g/mol. The third kappa shape index (κ3) is 3.57. The Morgan fingerprint density at radius 1 is 1.00 bits per heavy atom. The predicted octanol–water partition coefficient (Wildman–Crippen LogP) is 0.777. The summed E-state index contributed by atoms with van der Waals surface area (Å²) >= 11 is 3.42. The van der Waals surface area contributed by atoms with E-state index in [2.05, 4.69) is 15.9 Å². The molecule has 0 aliphatic heterocycles. The highest BCUT2D eigenvalue weighted by atomic mass is 79.9. The largest absolute Gasteiger partial charge is 1.00 e. The van der Waals surface area contributed by atoms with E-state index in [4.69, 9.17) is 0 Å². The van der Waals surface area contributed by atoms with Crippen LogP contribution in [0, 0.1) is 0 Å².